The number of allylic oxidation sites excluding steroid dienone is 4. The van der Waals surface area contributed by atoms with Crippen LogP contribution in [0.25, 0.3) is 0 Å². The zero-order chi connectivity index (χ0) is 34.1. The Morgan fingerprint density at radius 1 is 0.978 bits per heavy atom. The van der Waals surface area contributed by atoms with Gasteiger partial charge in [0.15, 0.2) is 18.2 Å². The molecule has 4 rings (SSSR count). The molecule has 46 heavy (non-hydrogen) atoms. The van der Waals surface area contributed by atoms with Crippen LogP contribution in [0.15, 0.2) is 23.8 Å². The van der Waals surface area contributed by atoms with Crippen LogP contribution in [0.1, 0.15) is 71.6 Å². The van der Waals surface area contributed by atoms with Crippen LogP contribution in [0.4, 0.5) is 4.79 Å². The third kappa shape index (κ3) is 9.01. The van der Waals surface area contributed by atoms with E-state index < -0.39 is 28.4 Å². The number of carbonyl (C=O) groups is 4. The standard InChI is InChI=1S/C26H35NO9.C4H7NO5/c1-25-10-9-17(28)13-16(25)5-6-18-19-7-8-20(26(19,2)14-21(29)23(18)25)22(30)15-35-24(31)34-11-3-4-12-36-27(32)33;6-4(7)2-1-3-10-5(8)9/h9-10,13,18-21,23,29H,3-8,11-12,14-15H2,1-2H3;1-3H2,(H,6,7). The summed E-state index contributed by atoms with van der Waals surface area (Å²) in [6.45, 7) is 3.62. The van der Waals surface area contributed by atoms with Gasteiger partial charge in [0.25, 0.3) is 10.2 Å². The molecule has 0 aromatic heterocycles. The van der Waals surface area contributed by atoms with Gasteiger partial charge in [0, 0.05) is 23.7 Å². The molecule has 0 aromatic carbocycles. The number of carboxylic acid groups (broad SMARTS) is 1. The predicted molar refractivity (Wildman–Crippen MR) is 156 cm³/mol. The Morgan fingerprint density at radius 3 is 2.28 bits per heavy atom. The van der Waals surface area contributed by atoms with E-state index in [9.17, 15) is 44.5 Å². The van der Waals surface area contributed by atoms with E-state index in [0.717, 1.165) is 24.8 Å². The molecule has 7 unspecified atom stereocenters. The fourth-order valence-corrected chi connectivity index (χ4v) is 7.99. The number of nitrogens with zero attached hydrogens (tertiary/aromatic N) is 2. The summed E-state index contributed by atoms with van der Waals surface area (Å²) in [6.07, 6.45) is 8.34. The fraction of sp³-hybridized carbons (Fsp3) is 0.733. The number of Topliss-reactive ketones (excluding diaryl/α,β-unsaturated/α-hetero) is 1. The van der Waals surface area contributed by atoms with E-state index in [1.165, 1.54) is 0 Å². The number of hydrogen-bond donors (Lipinski definition) is 2. The molecule has 2 N–H and O–H groups in total. The van der Waals surface area contributed by atoms with Crippen LogP contribution in [0.5, 0.6) is 0 Å². The molecule has 0 spiro atoms. The molecular formula is C30H42N2O14. The van der Waals surface area contributed by atoms with Gasteiger partial charge in [0.2, 0.25) is 0 Å². The van der Waals surface area contributed by atoms with Gasteiger partial charge in [-0.05, 0) is 80.8 Å². The number of aliphatic hydroxyl groups is 1. The maximum Gasteiger partial charge on any atom is 0.508 e. The fourth-order valence-electron chi connectivity index (χ4n) is 7.99. The van der Waals surface area contributed by atoms with E-state index >= 15 is 0 Å². The van der Waals surface area contributed by atoms with E-state index in [4.69, 9.17) is 14.6 Å². The van der Waals surface area contributed by atoms with Crippen molar-refractivity contribution in [3.8, 4) is 0 Å². The Balaban J connectivity index is 0.000000498. The molecule has 3 saturated carbocycles. The molecule has 16 heteroatoms. The highest BCUT2D eigenvalue weighted by Crippen LogP contribution is 2.66. The Kier molecular flexibility index (Phi) is 12.6. The van der Waals surface area contributed by atoms with Crippen LogP contribution in [-0.2, 0) is 33.5 Å². The minimum Gasteiger partial charge on any atom is -0.481 e. The summed E-state index contributed by atoms with van der Waals surface area (Å²) in [5.74, 6) is -0.905. The van der Waals surface area contributed by atoms with Gasteiger partial charge in [-0.2, -0.15) is 0 Å². The number of aliphatic carboxylic acids is 1. The summed E-state index contributed by atoms with van der Waals surface area (Å²) < 4.78 is 9.99. The number of aliphatic hydroxyl groups excluding tert-OH is 1. The monoisotopic (exact) mass is 654 g/mol. The highest BCUT2D eigenvalue weighted by Gasteiger charge is 2.62. The molecule has 0 aliphatic heterocycles. The lowest BCUT2D eigenvalue weighted by Crippen LogP contribution is -2.56. The third-order valence-electron chi connectivity index (χ3n) is 9.90. The second-order valence-corrected chi connectivity index (χ2v) is 12.6. The first kappa shape index (κ1) is 36.4. The Labute approximate surface area is 265 Å². The van der Waals surface area contributed by atoms with Crippen molar-refractivity contribution in [3.05, 3.63) is 44.0 Å². The average Bonchev–Trinajstić information content (AvgIpc) is 3.32. The van der Waals surface area contributed by atoms with Gasteiger partial charge in [0.05, 0.1) is 25.9 Å². The van der Waals surface area contributed by atoms with E-state index in [1.807, 2.05) is 6.08 Å². The average molecular weight is 655 g/mol. The van der Waals surface area contributed by atoms with Crippen molar-refractivity contribution >= 4 is 23.7 Å². The second kappa shape index (κ2) is 16.0. The molecule has 0 saturated heterocycles. The highest BCUT2D eigenvalue weighted by molar-refractivity contribution is 6.01. The van der Waals surface area contributed by atoms with Crippen molar-refractivity contribution < 1.29 is 58.7 Å². The molecule has 0 bridgehead atoms. The number of unbranched alkanes of at least 4 members (excludes halogenated alkanes) is 1. The number of hydrogen-bond acceptors (Lipinski definition) is 13. The Morgan fingerprint density at radius 2 is 1.63 bits per heavy atom. The van der Waals surface area contributed by atoms with Crippen molar-refractivity contribution in [2.24, 2.45) is 34.5 Å². The quantitative estimate of drug-likeness (QED) is 0.118. The lowest BCUT2D eigenvalue weighted by atomic mass is 9.46. The van der Waals surface area contributed by atoms with Crippen LogP contribution in [0.3, 0.4) is 0 Å². The zero-order valence-corrected chi connectivity index (χ0v) is 26.0. The number of carbonyl (C=O) groups excluding carboxylic acids is 3. The van der Waals surface area contributed by atoms with Gasteiger partial charge in [-0.25, -0.2) is 4.79 Å². The largest absolute Gasteiger partial charge is 0.508 e. The van der Waals surface area contributed by atoms with Crippen LogP contribution in [-0.4, -0.2) is 76.6 Å². The first-order valence-electron chi connectivity index (χ1n) is 15.4. The molecule has 0 heterocycles. The molecular weight excluding hydrogens is 612 g/mol. The van der Waals surface area contributed by atoms with Crippen molar-refractivity contribution in [2.45, 2.75) is 77.7 Å². The lowest BCUT2D eigenvalue weighted by molar-refractivity contribution is -0.757. The number of fused-ring (bicyclic) bond motifs is 5. The van der Waals surface area contributed by atoms with Crippen molar-refractivity contribution in [3.63, 3.8) is 0 Å². The first-order chi connectivity index (χ1) is 21.7. The molecule has 0 radical (unpaired) electrons. The molecule has 7 atom stereocenters. The maximum atomic E-state index is 13.1. The van der Waals surface area contributed by atoms with Gasteiger partial charge in [-0.1, -0.05) is 25.5 Å². The third-order valence-corrected chi connectivity index (χ3v) is 9.90. The molecule has 0 aromatic rings. The van der Waals surface area contributed by atoms with Crippen LogP contribution >= 0.6 is 0 Å². The van der Waals surface area contributed by atoms with Crippen LogP contribution in [0.2, 0.25) is 0 Å². The van der Waals surface area contributed by atoms with Gasteiger partial charge in [-0.15, -0.1) is 20.2 Å². The first-order valence-corrected chi connectivity index (χ1v) is 15.4. The van der Waals surface area contributed by atoms with Crippen molar-refractivity contribution in [1.82, 2.24) is 0 Å². The smallest absolute Gasteiger partial charge is 0.481 e. The van der Waals surface area contributed by atoms with Crippen molar-refractivity contribution in [2.75, 3.05) is 26.4 Å². The molecule has 16 nitrogen and oxygen atoms in total. The SMILES string of the molecule is CC12C=CC(=O)C=C1CCC1C2C(O)CC2(C)C(C(=O)COC(=O)OCCCCO[N+](=O)[O-])CCC12.O=C(O)CCCO[N+](=O)[O-]. The number of ketones is 2. The molecule has 4 aliphatic carbocycles. The van der Waals surface area contributed by atoms with Gasteiger partial charge in [-0.3, -0.25) is 14.4 Å². The number of ether oxygens (including phenoxy) is 2. The summed E-state index contributed by atoms with van der Waals surface area (Å²) >= 11 is 0. The van der Waals surface area contributed by atoms with Gasteiger partial charge in [0.1, 0.15) is 0 Å². The summed E-state index contributed by atoms with van der Waals surface area (Å²) in [6, 6.07) is 0. The Hall–Kier alpha value is -4.08. The molecule has 0 amide bonds. The topological polar surface area (TPSA) is 232 Å². The predicted octanol–water partition coefficient (Wildman–Crippen LogP) is 3.65. The minimum absolute atomic E-state index is 0.00460. The molecule has 256 valence electrons. The molecule has 3 fully saturated rings. The normalized spacial score (nSPS) is 30.6. The van der Waals surface area contributed by atoms with E-state index in [-0.39, 0.29) is 85.3 Å². The minimum atomic E-state index is -0.980. The van der Waals surface area contributed by atoms with E-state index in [0.29, 0.717) is 25.7 Å². The van der Waals surface area contributed by atoms with Crippen LogP contribution in [0, 0.1) is 54.7 Å². The number of carboxylic acids is 1. The van der Waals surface area contributed by atoms with Gasteiger partial charge < -0.3 is 29.4 Å². The Bertz CT molecular complexity index is 1220. The lowest BCUT2D eigenvalue weighted by Gasteiger charge is -2.58. The maximum absolute atomic E-state index is 13.1. The number of rotatable bonds is 14. The second-order valence-electron chi connectivity index (χ2n) is 12.6. The highest BCUT2D eigenvalue weighted by atomic mass is 17.0. The summed E-state index contributed by atoms with van der Waals surface area (Å²) in [7, 11) is 0. The summed E-state index contributed by atoms with van der Waals surface area (Å²) in [4.78, 5) is 74.4. The summed E-state index contributed by atoms with van der Waals surface area (Å²) in [5.41, 5.74) is 0.372. The summed E-state index contributed by atoms with van der Waals surface area (Å²) in [5, 5.41) is 37.2. The zero-order valence-electron chi connectivity index (χ0n) is 26.0. The molecule has 4 aliphatic rings. The van der Waals surface area contributed by atoms with Crippen LogP contribution < -0.4 is 0 Å². The van der Waals surface area contributed by atoms with Crippen molar-refractivity contribution in [1.29, 1.82) is 0 Å². The van der Waals surface area contributed by atoms with E-state index in [2.05, 4.69) is 23.5 Å². The van der Waals surface area contributed by atoms with Gasteiger partial charge >= 0.3 is 12.1 Å². The van der Waals surface area contributed by atoms with E-state index in [1.54, 1.807) is 12.2 Å².